The van der Waals surface area contributed by atoms with Crippen molar-refractivity contribution in [3.8, 4) is 0 Å². The van der Waals surface area contributed by atoms with Gasteiger partial charge >= 0.3 is 0 Å². The largest absolute Gasteiger partial charge is 0.320 e. The highest BCUT2D eigenvalue weighted by Crippen LogP contribution is 2.30. The lowest BCUT2D eigenvalue weighted by Gasteiger charge is -2.36. The molecule has 0 aromatic heterocycles. The van der Waals surface area contributed by atoms with Gasteiger partial charge in [0.1, 0.15) is 0 Å². The summed E-state index contributed by atoms with van der Waals surface area (Å²) in [6.45, 7) is 7.74. The molecule has 0 spiro atoms. The Morgan fingerprint density at radius 3 is 2.22 bits per heavy atom. The van der Waals surface area contributed by atoms with Crippen LogP contribution in [0.25, 0.3) is 0 Å². The zero-order valence-electron chi connectivity index (χ0n) is 12.5. The summed E-state index contributed by atoms with van der Waals surface area (Å²) in [6.07, 6.45) is 10.2. The maximum atomic E-state index is 3.28. The molecule has 2 nitrogen and oxygen atoms in total. The fraction of sp³-hybridized carbons (Fsp3) is 1.00. The minimum absolute atomic E-state index is 0.986. The van der Waals surface area contributed by atoms with Gasteiger partial charge < -0.3 is 10.2 Å². The third-order valence-corrected chi connectivity index (χ3v) is 5.16. The predicted molar refractivity (Wildman–Crippen MR) is 78.8 cm³/mol. The van der Waals surface area contributed by atoms with Gasteiger partial charge in [-0.05, 0) is 76.5 Å². The number of piperidine rings is 1. The highest BCUT2D eigenvalue weighted by atomic mass is 15.1. The van der Waals surface area contributed by atoms with E-state index in [1.807, 2.05) is 0 Å². The third kappa shape index (κ3) is 4.55. The van der Waals surface area contributed by atoms with Crippen LogP contribution in [-0.4, -0.2) is 38.1 Å². The summed E-state index contributed by atoms with van der Waals surface area (Å²) in [5.41, 5.74) is 0. The molecule has 2 rings (SSSR count). The SMILES string of the molecule is CNCCC1CCN(CC2CCC(C)CC2)CC1. The van der Waals surface area contributed by atoms with Crippen molar-refractivity contribution in [2.24, 2.45) is 17.8 Å². The first-order valence-electron chi connectivity index (χ1n) is 8.15. The first-order valence-corrected chi connectivity index (χ1v) is 8.15. The second-order valence-electron chi connectivity index (χ2n) is 6.76. The maximum Gasteiger partial charge on any atom is 0.000966 e. The first kappa shape index (κ1) is 14.3. The number of nitrogens with one attached hydrogen (secondary N) is 1. The van der Waals surface area contributed by atoms with E-state index in [9.17, 15) is 0 Å². The molecule has 2 fully saturated rings. The minimum Gasteiger partial charge on any atom is -0.320 e. The second-order valence-corrected chi connectivity index (χ2v) is 6.76. The van der Waals surface area contributed by atoms with Crippen LogP contribution in [0.2, 0.25) is 0 Å². The monoisotopic (exact) mass is 252 g/mol. The number of likely N-dealkylation sites (tertiary alicyclic amines) is 1. The van der Waals surface area contributed by atoms with Gasteiger partial charge in [0.05, 0.1) is 0 Å². The normalized spacial score (nSPS) is 31.7. The van der Waals surface area contributed by atoms with Crippen molar-refractivity contribution in [3.05, 3.63) is 0 Å². The molecule has 1 saturated carbocycles. The summed E-state index contributed by atoms with van der Waals surface area (Å²) in [7, 11) is 2.07. The minimum atomic E-state index is 0.986. The molecule has 18 heavy (non-hydrogen) atoms. The van der Waals surface area contributed by atoms with Crippen molar-refractivity contribution in [1.29, 1.82) is 0 Å². The van der Waals surface area contributed by atoms with Gasteiger partial charge in [0, 0.05) is 6.54 Å². The van der Waals surface area contributed by atoms with E-state index in [1.54, 1.807) is 0 Å². The van der Waals surface area contributed by atoms with E-state index in [2.05, 4.69) is 24.2 Å². The Labute approximate surface area is 114 Å². The molecular formula is C16H32N2. The number of hydrogen-bond acceptors (Lipinski definition) is 2. The van der Waals surface area contributed by atoms with Crippen LogP contribution < -0.4 is 5.32 Å². The predicted octanol–water partition coefficient (Wildman–Crippen LogP) is 3.13. The van der Waals surface area contributed by atoms with Crippen molar-refractivity contribution in [2.45, 2.75) is 51.9 Å². The number of rotatable bonds is 5. The molecule has 1 aliphatic carbocycles. The highest BCUT2D eigenvalue weighted by Gasteiger charge is 2.23. The molecule has 0 amide bonds. The molecule has 1 heterocycles. The van der Waals surface area contributed by atoms with Gasteiger partial charge in [-0.3, -0.25) is 0 Å². The summed E-state index contributed by atoms with van der Waals surface area (Å²) >= 11 is 0. The average Bonchev–Trinajstić information content (AvgIpc) is 2.41. The van der Waals surface area contributed by atoms with E-state index in [-0.39, 0.29) is 0 Å². The van der Waals surface area contributed by atoms with Gasteiger partial charge in [-0.1, -0.05) is 19.8 Å². The van der Waals surface area contributed by atoms with Crippen LogP contribution in [-0.2, 0) is 0 Å². The van der Waals surface area contributed by atoms with Gasteiger partial charge in [0.25, 0.3) is 0 Å². The standard InChI is InChI=1S/C16H32N2/c1-14-3-5-16(6-4-14)13-18-11-8-15(9-12-18)7-10-17-2/h14-17H,3-13H2,1-2H3. The average molecular weight is 252 g/mol. The van der Waals surface area contributed by atoms with Crippen molar-refractivity contribution in [2.75, 3.05) is 33.2 Å². The molecule has 106 valence electrons. The highest BCUT2D eigenvalue weighted by molar-refractivity contribution is 4.77. The molecule has 0 aromatic carbocycles. The lowest BCUT2D eigenvalue weighted by molar-refractivity contribution is 0.135. The van der Waals surface area contributed by atoms with E-state index >= 15 is 0 Å². The molecule has 1 N–H and O–H groups in total. The molecular weight excluding hydrogens is 220 g/mol. The molecule has 0 radical (unpaired) electrons. The molecule has 0 unspecified atom stereocenters. The summed E-state index contributed by atoms with van der Waals surface area (Å²) in [5.74, 6) is 2.99. The number of hydrogen-bond donors (Lipinski definition) is 1. The van der Waals surface area contributed by atoms with Crippen molar-refractivity contribution in [3.63, 3.8) is 0 Å². The van der Waals surface area contributed by atoms with Crippen molar-refractivity contribution in [1.82, 2.24) is 10.2 Å². The fourth-order valence-electron chi connectivity index (χ4n) is 3.68. The third-order valence-electron chi connectivity index (χ3n) is 5.16. The summed E-state index contributed by atoms with van der Waals surface area (Å²) in [6, 6.07) is 0. The fourth-order valence-corrected chi connectivity index (χ4v) is 3.68. The Morgan fingerprint density at radius 2 is 1.61 bits per heavy atom. The van der Waals surface area contributed by atoms with E-state index in [1.165, 1.54) is 71.1 Å². The lowest BCUT2D eigenvalue weighted by Crippen LogP contribution is -2.38. The van der Waals surface area contributed by atoms with Gasteiger partial charge in [0.2, 0.25) is 0 Å². The van der Waals surface area contributed by atoms with Crippen LogP contribution in [0.3, 0.4) is 0 Å². The topological polar surface area (TPSA) is 15.3 Å². The van der Waals surface area contributed by atoms with Crippen LogP contribution in [0.1, 0.15) is 51.9 Å². The van der Waals surface area contributed by atoms with E-state index in [0.29, 0.717) is 0 Å². The maximum absolute atomic E-state index is 3.28. The van der Waals surface area contributed by atoms with Crippen LogP contribution in [0.5, 0.6) is 0 Å². The molecule has 0 aromatic rings. The molecule has 1 saturated heterocycles. The van der Waals surface area contributed by atoms with Gasteiger partial charge in [-0.25, -0.2) is 0 Å². The van der Waals surface area contributed by atoms with Crippen LogP contribution in [0.4, 0.5) is 0 Å². The van der Waals surface area contributed by atoms with Gasteiger partial charge in [0.15, 0.2) is 0 Å². The van der Waals surface area contributed by atoms with Gasteiger partial charge in [-0.15, -0.1) is 0 Å². The van der Waals surface area contributed by atoms with Crippen molar-refractivity contribution < 1.29 is 0 Å². The first-order chi connectivity index (χ1) is 8.78. The summed E-state index contributed by atoms with van der Waals surface area (Å²) < 4.78 is 0. The van der Waals surface area contributed by atoms with E-state index in [4.69, 9.17) is 0 Å². The Bertz CT molecular complexity index is 213. The van der Waals surface area contributed by atoms with Crippen LogP contribution >= 0.6 is 0 Å². The van der Waals surface area contributed by atoms with Crippen molar-refractivity contribution >= 4 is 0 Å². The molecule has 2 heteroatoms. The number of nitrogens with zero attached hydrogens (tertiary/aromatic N) is 1. The van der Waals surface area contributed by atoms with Gasteiger partial charge in [-0.2, -0.15) is 0 Å². The quantitative estimate of drug-likeness (QED) is 0.808. The smallest absolute Gasteiger partial charge is 0.000966 e. The van der Waals surface area contributed by atoms with E-state index in [0.717, 1.165) is 17.8 Å². The zero-order chi connectivity index (χ0) is 12.8. The van der Waals surface area contributed by atoms with Crippen LogP contribution in [0, 0.1) is 17.8 Å². The van der Waals surface area contributed by atoms with E-state index < -0.39 is 0 Å². The lowest BCUT2D eigenvalue weighted by atomic mass is 9.82. The Kier molecular flexibility index (Phi) is 5.97. The Hall–Kier alpha value is -0.0800. The molecule has 0 bridgehead atoms. The summed E-state index contributed by atoms with van der Waals surface area (Å²) in [5, 5.41) is 3.28. The molecule has 1 aliphatic heterocycles. The Balaban J connectivity index is 1.61. The second kappa shape index (κ2) is 7.49. The van der Waals surface area contributed by atoms with Crippen LogP contribution in [0.15, 0.2) is 0 Å². The molecule has 0 atom stereocenters. The molecule has 2 aliphatic rings. The summed E-state index contributed by atoms with van der Waals surface area (Å²) in [4.78, 5) is 2.75. The zero-order valence-corrected chi connectivity index (χ0v) is 12.5. The Morgan fingerprint density at radius 1 is 0.944 bits per heavy atom.